The molecule has 1 N–H and O–H groups in total. The number of nitrogens with one attached hydrogen (secondary N) is 1. The number of hydrazone groups is 1. The number of aromatic nitrogens is 2. The van der Waals surface area contributed by atoms with Crippen LogP contribution in [-0.2, 0) is 0 Å². The van der Waals surface area contributed by atoms with Gasteiger partial charge in [0.05, 0.1) is 22.2 Å². The maximum Gasteiger partial charge on any atom is 0.324 e. The molecule has 9 heteroatoms. The second-order valence-corrected chi connectivity index (χ2v) is 4.32. The number of nitrogens with zero attached hydrogens (tertiary/aromatic N) is 4. The second kappa shape index (κ2) is 5.78. The van der Waals surface area contributed by atoms with Gasteiger partial charge in [-0.25, -0.2) is 10.4 Å². The van der Waals surface area contributed by atoms with Crippen LogP contribution in [0.2, 0.25) is 0 Å². The van der Waals surface area contributed by atoms with Gasteiger partial charge < -0.3 is 0 Å². The molecule has 0 unspecified atom stereocenters. The van der Waals surface area contributed by atoms with Crippen molar-refractivity contribution in [2.45, 2.75) is 0 Å². The van der Waals surface area contributed by atoms with Crippen LogP contribution in [0, 0.1) is 10.1 Å². The van der Waals surface area contributed by atoms with E-state index in [1.54, 1.807) is 6.07 Å². The number of rotatable bonds is 4. The minimum absolute atomic E-state index is 0.0155. The Morgan fingerprint density at radius 1 is 1.47 bits per heavy atom. The first-order valence-corrected chi connectivity index (χ1v) is 5.82. The third-order valence-corrected chi connectivity index (χ3v) is 2.92. The zero-order valence-electron chi connectivity index (χ0n) is 9.39. The molecule has 0 saturated heterocycles. The lowest BCUT2D eigenvalue weighted by molar-refractivity contribution is -0.380. The summed E-state index contributed by atoms with van der Waals surface area (Å²) in [5.74, 6) is -0.504. The van der Waals surface area contributed by atoms with Crippen molar-refractivity contribution in [2.75, 3.05) is 0 Å². The van der Waals surface area contributed by atoms with E-state index in [9.17, 15) is 14.9 Å². The first-order chi connectivity index (χ1) is 9.16. The van der Waals surface area contributed by atoms with Crippen LogP contribution >= 0.6 is 11.3 Å². The number of hydrogen-bond donors (Lipinski definition) is 1. The maximum absolute atomic E-state index is 11.5. The maximum atomic E-state index is 11.5. The van der Waals surface area contributed by atoms with Crippen LogP contribution in [0.25, 0.3) is 0 Å². The third kappa shape index (κ3) is 3.39. The molecule has 0 saturated carbocycles. The van der Waals surface area contributed by atoms with E-state index in [4.69, 9.17) is 0 Å². The molecule has 0 spiro atoms. The van der Waals surface area contributed by atoms with Crippen LogP contribution in [0.1, 0.15) is 15.4 Å². The first kappa shape index (κ1) is 12.8. The first-order valence-electron chi connectivity index (χ1n) is 5.00. The number of nitro groups is 1. The lowest BCUT2D eigenvalue weighted by Crippen LogP contribution is -2.18. The highest BCUT2D eigenvalue weighted by Crippen LogP contribution is 2.22. The predicted molar refractivity (Wildman–Crippen MR) is 68.1 cm³/mol. The fraction of sp³-hybridized carbons (Fsp3) is 0. The number of carbonyl (C=O) groups excluding carboxylic acids is 1. The summed E-state index contributed by atoms with van der Waals surface area (Å²) in [6, 6.07) is 2.91. The summed E-state index contributed by atoms with van der Waals surface area (Å²) < 4.78 is 0. The highest BCUT2D eigenvalue weighted by molar-refractivity contribution is 7.16. The Bertz CT molecular complexity index is 625. The Hall–Kier alpha value is -2.68. The summed E-state index contributed by atoms with van der Waals surface area (Å²) >= 11 is 0.961. The Labute approximate surface area is 111 Å². The Morgan fingerprint density at radius 2 is 2.32 bits per heavy atom. The van der Waals surface area contributed by atoms with Gasteiger partial charge in [0.2, 0.25) is 0 Å². The molecule has 2 aromatic heterocycles. The minimum Gasteiger partial charge on any atom is -0.265 e. The molecular formula is C10H7N5O3S. The van der Waals surface area contributed by atoms with Crippen LogP contribution in [-0.4, -0.2) is 27.0 Å². The van der Waals surface area contributed by atoms with Gasteiger partial charge >= 0.3 is 5.00 Å². The molecule has 96 valence electrons. The molecule has 0 aliphatic rings. The standard InChI is InChI=1S/C10H7N5O3S/c16-10(8-6-11-3-4-12-8)14-13-5-7-1-2-9(19-7)15(17)18/h1-6H,(H,14,16)/b13-5+. The summed E-state index contributed by atoms with van der Waals surface area (Å²) in [7, 11) is 0. The minimum atomic E-state index is -0.504. The van der Waals surface area contributed by atoms with Gasteiger partial charge in [-0.1, -0.05) is 11.3 Å². The Balaban J connectivity index is 1.96. The van der Waals surface area contributed by atoms with Gasteiger partial charge in [0, 0.05) is 18.5 Å². The van der Waals surface area contributed by atoms with Crippen molar-refractivity contribution in [1.29, 1.82) is 0 Å². The van der Waals surface area contributed by atoms with E-state index in [-0.39, 0.29) is 10.7 Å². The molecule has 2 heterocycles. The van der Waals surface area contributed by atoms with Gasteiger partial charge in [0.1, 0.15) is 5.69 Å². The Morgan fingerprint density at radius 3 is 2.95 bits per heavy atom. The zero-order valence-corrected chi connectivity index (χ0v) is 10.2. The van der Waals surface area contributed by atoms with E-state index >= 15 is 0 Å². The lowest BCUT2D eigenvalue weighted by Gasteiger charge is -1.96. The smallest absolute Gasteiger partial charge is 0.265 e. The van der Waals surface area contributed by atoms with Gasteiger partial charge in [-0.3, -0.25) is 19.9 Å². The number of amides is 1. The number of carbonyl (C=O) groups is 1. The van der Waals surface area contributed by atoms with E-state index < -0.39 is 10.8 Å². The molecule has 0 bridgehead atoms. The van der Waals surface area contributed by atoms with Crippen molar-refractivity contribution in [3.63, 3.8) is 0 Å². The SMILES string of the molecule is O=C(N/N=C/c1ccc([N+](=O)[O-])s1)c1cnccn1. The van der Waals surface area contributed by atoms with Gasteiger partial charge in [-0.2, -0.15) is 5.10 Å². The van der Waals surface area contributed by atoms with Crippen molar-refractivity contribution >= 4 is 28.5 Å². The van der Waals surface area contributed by atoms with Crippen LogP contribution in [0.5, 0.6) is 0 Å². The van der Waals surface area contributed by atoms with E-state index in [1.807, 2.05) is 0 Å². The molecule has 1 amide bonds. The van der Waals surface area contributed by atoms with E-state index in [0.717, 1.165) is 11.3 Å². The largest absolute Gasteiger partial charge is 0.324 e. The lowest BCUT2D eigenvalue weighted by atomic mass is 10.4. The summed E-state index contributed by atoms with van der Waals surface area (Å²) in [6.45, 7) is 0. The molecule has 0 aromatic carbocycles. The van der Waals surface area contributed by atoms with Crippen molar-refractivity contribution in [1.82, 2.24) is 15.4 Å². The van der Waals surface area contributed by atoms with Gasteiger partial charge in [0.15, 0.2) is 0 Å². The summed E-state index contributed by atoms with van der Waals surface area (Å²) in [5, 5.41) is 14.2. The van der Waals surface area contributed by atoms with Crippen molar-refractivity contribution in [3.05, 3.63) is 51.4 Å². The molecular weight excluding hydrogens is 270 g/mol. The second-order valence-electron chi connectivity index (χ2n) is 3.22. The molecule has 8 nitrogen and oxygen atoms in total. The van der Waals surface area contributed by atoms with Crippen molar-refractivity contribution in [2.24, 2.45) is 5.10 Å². The predicted octanol–water partition coefficient (Wildman–Crippen LogP) is 1.21. The highest BCUT2D eigenvalue weighted by atomic mass is 32.1. The molecule has 0 fully saturated rings. The van der Waals surface area contributed by atoms with Gasteiger partial charge in [0.25, 0.3) is 5.91 Å². The zero-order chi connectivity index (χ0) is 13.7. The van der Waals surface area contributed by atoms with Gasteiger partial charge in [-0.05, 0) is 6.07 Å². The summed E-state index contributed by atoms with van der Waals surface area (Å²) in [4.78, 5) is 29.6. The van der Waals surface area contributed by atoms with Crippen LogP contribution < -0.4 is 5.43 Å². The van der Waals surface area contributed by atoms with Crippen molar-refractivity contribution in [3.8, 4) is 0 Å². The average molecular weight is 277 g/mol. The van der Waals surface area contributed by atoms with Crippen LogP contribution in [0.4, 0.5) is 5.00 Å². The van der Waals surface area contributed by atoms with E-state index in [2.05, 4.69) is 20.5 Å². The quantitative estimate of drug-likeness (QED) is 0.513. The van der Waals surface area contributed by atoms with E-state index in [1.165, 1.54) is 30.9 Å². The monoisotopic (exact) mass is 277 g/mol. The number of hydrogen-bond acceptors (Lipinski definition) is 7. The fourth-order valence-corrected chi connectivity index (χ4v) is 1.83. The molecule has 0 aliphatic carbocycles. The Kier molecular flexibility index (Phi) is 3.88. The van der Waals surface area contributed by atoms with E-state index in [0.29, 0.717) is 4.88 Å². The molecule has 0 radical (unpaired) electrons. The average Bonchev–Trinajstić information content (AvgIpc) is 2.89. The van der Waals surface area contributed by atoms with Crippen LogP contribution in [0.15, 0.2) is 35.8 Å². The molecule has 0 atom stereocenters. The molecule has 2 aromatic rings. The molecule has 0 aliphatic heterocycles. The normalized spacial score (nSPS) is 10.5. The summed E-state index contributed by atoms with van der Waals surface area (Å²) in [5.41, 5.74) is 2.39. The third-order valence-electron chi connectivity index (χ3n) is 1.95. The topological polar surface area (TPSA) is 110 Å². The fourth-order valence-electron chi connectivity index (χ4n) is 1.14. The van der Waals surface area contributed by atoms with Crippen molar-refractivity contribution < 1.29 is 9.72 Å². The molecule has 2 rings (SSSR count). The highest BCUT2D eigenvalue weighted by Gasteiger charge is 2.08. The van der Waals surface area contributed by atoms with Gasteiger partial charge in [-0.15, -0.1) is 0 Å². The van der Waals surface area contributed by atoms with Crippen LogP contribution in [0.3, 0.4) is 0 Å². The molecule has 19 heavy (non-hydrogen) atoms. The number of thiophene rings is 1. The summed E-state index contributed by atoms with van der Waals surface area (Å²) in [6.07, 6.45) is 5.47.